The molecule has 3 saturated heterocycles. The molecule has 1 N–H and O–H groups in total. The van der Waals surface area contributed by atoms with Crippen molar-refractivity contribution in [2.45, 2.75) is 123 Å². The fourth-order valence-corrected chi connectivity index (χ4v) is 8.56. The van der Waals surface area contributed by atoms with Gasteiger partial charge >= 0.3 is 5.97 Å². The van der Waals surface area contributed by atoms with E-state index in [0.29, 0.717) is 24.0 Å². The van der Waals surface area contributed by atoms with Crippen molar-refractivity contribution >= 4 is 17.5 Å². The Bertz CT molecular complexity index is 1630. The number of likely N-dealkylation sites (N-methyl/N-ethyl adjacent to an activating group) is 1. The van der Waals surface area contributed by atoms with Crippen LogP contribution in [-0.2, 0) is 38.1 Å². The molecular weight excluding hydrogens is 678 g/mol. The van der Waals surface area contributed by atoms with Crippen LogP contribution in [0.25, 0.3) is 0 Å². The molecular formula is C41H57N3O9. The van der Waals surface area contributed by atoms with Crippen LogP contribution in [0.15, 0.2) is 30.6 Å². The number of carbonyl (C=O) groups is 3. The first-order valence-corrected chi connectivity index (χ1v) is 18.6. The van der Waals surface area contributed by atoms with Crippen LogP contribution in [0.4, 0.5) is 0 Å². The zero-order chi connectivity index (χ0) is 39.4. The molecule has 290 valence electrons. The lowest BCUT2D eigenvalue weighted by atomic mass is 9.69. The number of aromatic nitrogens is 1. The van der Waals surface area contributed by atoms with Gasteiger partial charge in [0.15, 0.2) is 12.1 Å². The standard InChI is InChI=1S/C41H57N3O9/c1-12-32-41(9)33(24(3)22-50-41)26(5)34(45)23(2)18-40(8,49-15-13-14-29-17-30(19-42)21-43-20-29)37(27(6)35(46)28(7)38(48)52-32)53-39-36(47)31(44(10)11)16-25(4)51-39/h17,20-21,23,25-28,31-33,36-37,39,47H,3,12,15-16,18,22H2,1-2,4-11H3/t23?,25-,26?,27+,28?,31+,32-,33+,36-,37-,39+,40-,41-/m1/s1. The third-order valence-electron chi connectivity index (χ3n) is 11.5. The Morgan fingerprint density at radius 1 is 1.08 bits per heavy atom. The fraction of sp³-hybridized carbons (Fsp3) is 0.683. The van der Waals surface area contributed by atoms with E-state index in [1.165, 1.54) is 19.3 Å². The van der Waals surface area contributed by atoms with Gasteiger partial charge < -0.3 is 33.7 Å². The summed E-state index contributed by atoms with van der Waals surface area (Å²) < 4.78 is 31.8. The lowest BCUT2D eigenvalue weighted by Gasteiger charge is -2.47. The zero-order valence-electron chi connectivity index (χ0n) is 32.9. The average Bonchev–Trinajstić information content (AvgIpc) is 3.44. The smallest absolute Gasteiger partial charge is 0.316 e. The summed E-state index contributed by atoms with van der Waals surface area (Å²) >= 11 is 0. The van der Waals surface area contributed by atoms with Crippen molar-refractivity contribution in [3.63, 3.8) is 0 Å². The second-order valence-electron chi connectivity index (χ2n) is 15.8. The Labute approximate surface area is 314 Å². The van der Waals surface area contributed by atoms with Crippen molar-refractivity contribution in [3.05, 3.63) is 41.7 Å². The Balaban J connectivity index is 1.82. The maximum absolute atomic E-state index is 14.5. The summed E-state index contributed by atoms with van der Waals surface area (Å²) in [6, 6.07) is 3.35. The molecule has 0 aliphatic carbocycles. The Kier molecular flexibility index (Phi) is 13.8. The number of hydrogen-bond donors (Lipinski definition) is 1. The topological polar surface area (TPSA) is 158 Å². The number of ether oxygens (including phenoxy) is 5. The summed E-state index contributed by atoms with van der Waals surface area (Å²) in [6.07, 6.45) is -0.347. The molecule has 4 rings (SSSR count). The van der Waals surface area contributed by atoms with Gasteiger partial charge in [0, 0.05) is 47.7 Å². The normalized spacial score (nSPS) is 38.7. The van der Waals surface area contributed by atoms with Crippen LogP contribution in [0.3, 0.4) is 0 Å². The van der Waals surface area contributed by atoms with Gasteiger partial charge in [0.1, 0.15) is 42.2 Å². The van der Waals surface area contributed by atoms with Crippen molar-refractivity contribution in [3.8, 4) is 17.9 Å². The SMILES string of the molecule is C=C1CO[C@]2(C)[C@@H](CC)OC(=O)C(C)C(=O)[C@H](C)[C@@H](O[C@@H]3O[C@H](C)C[C@H](N(C)C)[C@H]3O)[C@](C)(OCC#Cc3cncc(C#N)c3)CC(C)C(=O)C(C)[C@H]12. The molecule has 13 atom stereocenters. The van der Waals surface area contributed by atoms with Gasteiger partial charge in [0.2, 0.25) is 0 Å². The summed E-state index contributed by atoms with van der Waals surface area (Å²) in [5.74, 6) is 0.894. The number of rotatable bonds is 6. The molecule has 0 amide bonds. The number of pyridine rings is 1. The van der Waals surface area contributed by atoms with Crippen LogP contribution < -0.4 is 0 Å². The Morgan fingerprint density at radius 2 is 1.75 bits per heavy atom. The number of aliphatic hydroxyl groups is 1. The van der Waals surface area contributed by atoms with Crippen LogP contribution >= 0.6 is 0 Å². The number of nitrogens with zero attached hydrogens (tertiary/aromatic N) is 3. The van der Waals surface area contributed by atoms with Gasteiger partial charge in [-0.25, -0.2) is 0 Å². The van der Waals surface area contributed by atoms with Gasteiger partial charge in [-0.3, -0.25) is 19.4 Å². The molecule has 1 aromatic rings. The quantitative estimate of drug-likeness (QED) is 0.192. The number of carbonyl (C=O) groups excluding carboxylic acids is 3. The largest absolute Gasteiger partial charge is 0.459 e. The van der Waals surface area contributed by atoms with E-state index in [1.54, 1.807) is 19.9 Å². The van der Waals surface area contributed by atoms with Gasteiger partial charge in [0.05, 0.1) is 30.0 Å². The van der Waals surface area contributed by atoms with Crippen LogP contribution in [0.5, 0.6) is 0 Å². The number of esters is 1. The first-order valence-electron chi connectivity index (χ1n) is 18.6. The lowest BCUT2D eigenvalue weighted by molar-refractivity contribution is -0.296. The fourth-order valence-electron chi connectivity index (χ4n) is 8.56. The lowest BCUT2D eigenvalue weighted by Crippen LogP contribution is -2.59. The number of Topliss-reactive ketones (excluding diaryl/α,β-unsaturated/α-hetero) is 2. The van der Waals surface area contributed by atoms with Crippen molar-refractivity contribution < 1.29 is 43.2 Å². The molecule has 3 aliphatic rings. The maximum atomic E-state index is 14.5. The van der Waals surface area contributed by atoms with Crippen LogP contribution in [0.1, 0.15) is 85.8 Å². The molecule has 0 radical (unpaired) electrons. The molecule has 0 bridgehead atoms. The van der Waals surface area contributed by atoms with Crippen molar-refractivity contribution in [1.82, 2.24) is 9.88 Å². The van der Waals surface area contributed by atoms with E-state index >= 15 is 0 Å². The Hall–Kier alpha value is -3.49. The van der Waals surface area contributed by atoms with Crippen molar-refractivity contribution in [1.29, 1.82) is 5.26 Å². The first-order chi connectivity index (χ1) is 24.9. The van der Waals surface area contributed by atoms with Crippen molar-refractivity contribution in [2.75, 3.05) is 27.3 Å². The molecule has 3 fully saturated rings. The van der Waals surface area contributed by atoms with E-state index in [0.717, 1.165) is 5.57 Å². The molecule has 0 saturated carbocycles. The van der Waals surface area contributed by atoms with Gasteiger partial charge in [-0.2, -0.15) is 5.26 Å². The summed E-state index contributed by atoms with van der Waals surface area (Å²) in [5.41, 5.74) is -0.812. The highest BCUT2D eigenvalue weighted by Gasteiger charge is 2.55. The number of aliphatic hydroxyl groups excluding tert-OH is 1. The van der Waals surface area contributed by atoms with Crippen LogP contribution in [0, 0.1) is 52.8 Å². The van der Waals surface area contributed by atoms with Crippen LogP contribution in [-0.4, -0.2) is 108 Å². The maximum Gasteiger partial charge on any atom is 0.316 e. The predicted molar refractivity (Wildman–Crippen MR) is 196 cm³/mol. The first kappa shape index (κ1) is 42.3. The van der Waals surface area contributed by atoms with E-state index in [1.807, 2.05) is 59.7 Å². The molecule has 12 heteroatoms. The number of cyclic esters (lactones) is 1. The molecule has 0 aromatic carbocycles. The molecule has 3 unspecified atom stereocenters. The van der Waals surface area contributed by atoms with E-state index in [2.05, 4.69) is 23.4 Å². The molecule has 12 nitrogen and oxygen atoms in total. The number of nitriles is 1. The molecule has 53 heavy (non-hydrogen) atoms. The van der Waals surface area contributed by atoms with Crippen LogP contribution in [0.2, 0.25) is 0 Å². The monoisotopic (exact) mass is 735 g/mol. The zero-order valence-corrected chi connectivity index (χ0v) is 32.9. The van der Waals surface area contributed by atoms with Gasteiger partial charge in [-0.05, 0) is 72.7 Å². The number of ketones is 2. The van der Waals surface area contributed by atoms with Gasteiger partial charge in [-0.15, -0.1) is 0 Å². The summed E-state index contributed by atoms with van der Waals surface area (Å²) in [7, 11) is 3.73. The van der Waals surface area contributed by atoms with E-state index in [-0.39, 0.29) is 37.6 Å². The summed E-state index contributed by atoms with van der Waals surface area (Å²) in [4.78, 5) is 48.6. The molecule has 0 spiro atoms. The highest BCUT2D eigenvalue weighted by atomic mass is 16.7. The third-order valence-corrected chi connectivity index (χ3v) is 11.5. The van der Waals surface area contributed by atoms with E-state index in [4.69, 9.17) is 23.7 Å². The minimum absolute atomic E-state index is 0.0761. The second-order valence-corrected chi connectivity index (χ2v) is 15.8. The minimum Gasteiger partial charge on any atom is -0.459 e. The molecule has 3 aliphatic heterocycles. The van der Waals surface area contributed by atoms with E-state index < -0.39 is 77.1 Å². The summed E-state index contributed by atoms with van der Waals surface area (Å²) in [6.45, 7) is 18.6. The van der Waals surface area contributed by atoms with E-state index in [9.17, 15) is 24.8 Å². The van der Waals surface area contributed by atoms with Gasteiger partial charge in [-0.1, -0.05) is 46.1 Å². The molecule has 1 aromatic heterocycles. The summed E-state index contributed by atoms with van der Waals surface area (Å²) in [5, 5.41) is 20.8. The van der Waals surface area contributed by atoms with Gasteiger partial charge in [0.25, 0.3) is 0 Å². The second kappa shape index (κ2) is 17.3. The minimum atomic E-state index is -1.38. The third kappa shape index (κ3) is 9.08. The number of fused-ring (bicyclic) bond motifs is 1. The van der Waals surface area contributed by atoms with Crippen molar-refractivity contribution in [2.24, 2.45) is 29.6 Å². The predicted octanol–water partition coefficient (Wildman–Crippen LogP) is 4.26. The Morgan fingerprint density at radius 3 is 2.40 bits per heavy atom. The highest BCUT2D eigenvalue weighted by Crippen LogP contribution is 2.46. The molecule has 4 heterocycles. The highest BCUT2D eigenvalue weighted by molar-refractivity contribution is 6.00. The number of hydrogen-bond acceptors (Lipinski definition) is 12. The average molecular weight is 736 g/mol.